The number of aliphatic imine (C=N–C) groups is 1. The fourth-order valence-corrected chi connectivity index (χ4v) is 2.09. The molecule has 0 aliphatic carbocycles. The van der Waals surface area contributed by atoms with Crippen molar-refractivity contribution in [3.8, 4) is 0 Å². The summed E-state index contributed by atoms with van der Waals surface area (Å²) in [5, 5.41) is 1.51. The minimum absolute atomic E-state index is 0.714. The molecule has 0 aromatic carbocycles. The van der Waals surface area contributed by atoms with Crippen LogP contribution in [0.5, 0.6) is 0 Å². The second-order valence-corrected chi connectivity index (χ2v) is 3.99. The molecule has 0 atom stereocenters. The SMILES string of the molecule is NN1C=CC2=NC(=S)[SH]C2=C1. The third kappa shape index (κ3) is 1.22. The summed E-state index contributed by atoms with van der Waals surface area (Å²) in [5.41, 5.74) is 0.943. The first-order valence-corrected chi connectivity index (χ1v) is 4.34. The zero-order valence-electron chi connectivity index (χ0n) is 5.56. The van der Waals surface area contributed by atoms with Gasteiger partial charge in [0.1, 0.15) is 0 Å². The summed E-state index contributed by atoms with van der Waals surface area (Å²) in [5.74, 6) is 5.50. The van der Waals surface area contributed by atoms with Gasteiger partial charge < -0.3 is 0 Å². The average molecular weight is 184 g/mol. The summed E-state index contributed by atoms with van der Waals surface area (Å²) in [4.78, 5) is 5.23. The smallest absolute Gasteiger partial charge is 0.152 e. The van der Waals surface area contributed by atoms with Crippen molar-refractivity contribution in [3.05, 3.63) is 23.4 Å². The van der Waals surface area contributed by atoms with Gasteiger partial charge in [0.25, 0.3) is 0 Å². The van der Waals surface area contributed by atoms with E-state index in [1.165, 1.54) is 5.01 Å². The van der Waals surface area contributed by atoms with Crippen LogP contribution in [0.4, 0.5) is 0 Å². The lowest BCUT2D eigenvalue weighted by Gasteiger charge is -2.12. The Kier molecular flexibility index (Phi) is 1.56. The molecule has 2 N–H and O–H groups in total. The van der Waals surface area contributed by atoms with Gasteiger partial charge >= 0.3 is 0 Å². The number of nitrogens with zero attached hydrogens (tertiary/aromatic N) is 2. The standard InChI is InChI=1S/C6H6N3S2/c7-9-2-1-4-5(3-9)11-6(10)8-4/h1-3,11H,7H2. The maximum Gasteiger partial charge on any atom is 0.152 e. The highest BCUT2D eigenvalue weighted by Crippen LogP contribution is 2.29. The molecule has 2 aliphatic heterocycles. The Bertz CT molecular complexity index is 303. The van der Waals surface area contributed by atoms with Crippen molar-refractivity contribution >= 4 is 34.0 Å². The highest BCUT2D eigenvalue weighted by molar-refractivity contribution is 8.26. The molecule has 57 valence electrons. The molecule has 0 amide bonds. The number of thiol groups is 1. The van der Waals surface area contributed by atoms with Crippen molar-refractivity contribution in [1.82, 2.24) is 5.01 Å². The summed E-state index contributed by atoms with van der Waals surface area (Å²) >= 11 is 5.93. The molecule has 0 aromatic heterocycles. The average Bonchev–Trinajstić information content (AvgIpc) is 2.27. The Morgan fingerprint density at radius 1 is 1.64 bits per heavy atom. The molecule has 3 nitrogen and oxygen atoms in total. The van der Waals surface area contributed by atoms with Crippen LogP contribution in [-0.2, 0) is 0 Å². The zero-order valence-corrected chi connectivity index (χ0v) is 7.27. The summed E-state index contributed by atoms with van der Waals surface area (Å²) in [6, 6.07) is 0. The van der Waals surface area contributed by atoms with E-state index in [1.807, 2.05) is 12.3 Å². The van der Waals surface area contributed by atoms with E-state index >= 15 is 0 Å². The van der Waals surface area contributed by atoms with Crippen molar-refractivity contribution in [2.75, 3.05) is 0 Å². The molecule has 0 unspecified atom stereocenters. The summed E-state index contributed by atoms with van der Waals surface area (Å²) < 4.78 is 0.714. The normalized spacial score (nSPS) is 21.5. The Hall–Kier alpha value is -0.650. The van der Waals surface area contributed by atoms with Gasteiger partial charge in [-0.25, -0.2) is 10.8 Å². The predicted octanol–water partition coefficient (Wildman–Crippen LogP) is 0.736. The van der Waals surface area contributed by atoms with Crippen molar-refractivity contribution in [2.45, 2.75) is 0 Å². The van der Waals surface area contributed by atoms with Crippen molar-refractivity contribution in [3.63, 3.8) is 0 Å². The Balaban J connectivity index is 2.39. The third-order valence-corrected chi connectivity index (χ3v) is 2.61. The highest BCUT2D eigenvalue weighted by atomic mass is 32.2. The van der Waals surface area contributed by atoms with Gasteiger partial charge in [-0.1, -0.05) is 12.2 Å². The van der Waals surface area contributed by atoms with Crippen molar-refractivity contribution in [1.29, 1.82) is 0 Å². The third-order valence-electron chi connectivity index (χ3n) is 1.37. The minimum Gasteiger partial charge on any atom is -0.293 e. The molecule has 2 rings (SSSR count). The van der Waals surface area contributed by atoms with Crippen LogP contribution < -0.4 is 5.84 Å². The first-order valence-electron chi connectivity index (χ1n) is 3.03. The van der Waals surface area contributed by atoms with E-state index in [4.69, 9.17) is 18.1 Å². The van der Waals surface area contributed by atoms with E-state index in [0.29, 0.717) is 4.32 Å². The fraction of sp³-hybridized carbons (Fsp3) is 0. The molecule has 1 radical (unpaired) electrons. The first-order chi connectivity index (χ1) is 5.25. The Morgan fingerprint density at radius 2 is 2.45 bits per heavy atom. The molecule has 0 saturated carbocycles. The molecular weight excluding hydrogens is 178 g/mol. The lowest BCUT2D eigenvalue weighted by atomic mass is 10.3. The lowest BCUT2D eigenvalue weighted by molar-refractivity contribution is 0.538. The van der Waals surface area contributed by atoms with Gasteiger partial charge in [0, 0.05) is 17.3 Å². The van der Waals surface area contributed by atoms with Gasteiger partial charge in [-0.15, -0.1) is 11.8 Å². The van der Waals surface area contributed by atoms with Gasteiger partial charge in [0.15, 0.2) is 4.32 Å². The van der Waals surface area contributed by atoms with Crippen LogP contribution in [-0.4, -0.2) is 15.0 Å². The number of hydrogen-bond acceptors (Lipinski definition) is 3. The van der Waals surface area contributed by atoms with E-state index in [1.54, 1.807) is 6.20 Å². The number of nitrogens with two attached hydrogens (primary N) is 1. The predicted molar refractivity (Wildman–Crippen MR) is 52.3 cm³/mol. The minimum atomic E-state index is 0.714. The van der Waals surface area contributed by atoms with Crippen LogP contribution >= 0.6 is 24.0 Å². The number of fused-ring (bicyclic) bond motifs is 1. The topological polar surface area (TPSA) is 41.6 Å². The van der Waals surface area contributed by atoms with Crippen molar-refractivity contribution < 1.29 is 0 Å². The van der Waals surface area contributed by atoms with E-state index in [2.05, 4.69) is 4.99 Å². The first kappa shape index (κ1) is 7.02. The number of thiocarbonyl (C=S) groups is 1. The largest absolute Gasteiger partial charge is 0.293 e. The Labute approximate surface area is 73.6 Å². The number of allylic oxidation sites excluding steroid dienone is 2. The highest BCUT2D eigenvalue weighted by Gasteiger charge is 2.17. The van der Waals surface area contributed by atoms with E-state index in [9.17, 15) is 0 Å². The maximum atomic E-state index is 5.50. The summed E-state index contributed by atoms with van der Waals surface area (Å²) in [7, 11) is 0. The summed E-state index contributed by atoms with van der Waals surface area (Å²) in [6.07, 6.45) is 5.45. The van der Waals surface area contributed by atoms with Gasteiger partial charge in [-0.2, -0.15) is 0 Å². The fourth-order valence-electron chi connectivity index (χ4n) is 0.904. The molecule has 0 bridgehead atoms. The van der Waals surface area contributed by atoms with Crippen molar-refractivity contribution in [2.24, 2.45) is 10.8 Å². The quantitative estimate of drug-likeness (QED) is 0.331. The van der Waals surface area contributed by atoms with Gasteiger partial charge in [0.05, 0.1) is 5.71 Å². The number of hydrogen-bond donors (Lipinski definition) is 2. The Morgan fingerprint density at radius 3 is 3.27 bits per heavy atom. The van der Waals surface area contributed by atoms with E-state index < -0.39 is 0 Å². The van der Waals surface area contributed by atoms with E-state index in [-0.39, 0.29) is 0 Å². The van der Waals surface area contributed by atoms with Gasteiger partial charge in [-0.3, -0.25) is 5.01 Å². The molecule has 11 heavy (non-hydrogen) atoms. The van der Waals surface area contributed by atoms with E-state index in [0.717, 1.165) is 22.4 Å². The molecular formula is C6H6N3S2. The molecule has 0 aromatic rings. The molecule has 2 heterocycles. The van der Waals surface area contributed by atoms with Crippen LogP contribution in [0.15, 0.2) is 28.4 Å². The summed E-state index contributed by atoms with van der Waals surface area (Å²) in [6.45, 7) is 0. The number of hydrazine groups is 1. The lowest BCUT2D eigenvalue weighted by Crippen LogP contribution is -2.22. The second kappa shape index (κ2) is 2.44. The molecule has 0 saturated heterocycles. The maximum absolute atomic E-state index is 5.50. The molecule has 5 heteroatoms. The molecule has 0 spiro atoms. The monoisotopic (exact) mass is 184 g/mol. The van der Waals surface area contributed by atoms with Crippen LogP contribution in [0.1, 0.15) is 0 Å². The second-order valence-electron chi connectivity index (χ2n) is 2.17. The van der Waals surface area contributed by atoms with Crippen LogP contribution in [0.25, 0.3) is 0 Å². The van der Waals surface area contributed by atoms with Gasteiger partial charge in [0.2, 0.25) is 0 Å². The molecule has 2 aliphatic rings. The van der Waals surface area contributed by atoms with Crippen LogP contribution in [0.2, 0.25) is 0 Å². The number of rotatable bonds is 0. The van der Waals surface area contributed by atoms with Crippen LogP contribution in [0, 0.1) is 0 Å². The zero-order chi connectivity index (χ0) is 7.84. The van der Waals surface area contributed by atoms with Gasteiger partial charge in [-0.05, 0) is 6.08 Å². The molecule has 0 fully saturated rings. The van der Waals surface area contributed by atoms with Crippen LogP contribution in [0.3, 0.4) is 0 Å².